The summed E-state index contributed by atoms with van der Waals surface area (Å²) in [7, 11) is 0. The van der Waals surface area contributed by atoms with E-state index in [0.29, 0.717) is 19.4 Å². The van der Waals surface area contributed by atoms with Gasteiger partial charge in [0.1, 0.15) is 5.82 Å². The number of carboxylic acids is 1. The number of hydrogen-bond acceptors (Lipinski definition) is 3. The van der Waals surface area contributed by atoms with Crippen LogP contribution in [0.4, 0.5) is 19.0 Å². The van der Waals surface area contributed by atoms with E-state index in [2.05, 4.69) is 10.3 Å². The molecule has 1 aromatic rings. The molecule has 1 aromatic heterocycles. The number of nitrogens with one attached hydrogen (secondary N) is 1. The molecule has 21 heavy (non-hydrogen) atoms. The molecule has 0 amide bonds. The van der Waals surface area contributed by atoms with E-state index in [-0.39, 0.29) is 17.7 Å². The highest BCUT2D eigenvalue weighted by atomic mass is 19.4. The molecule has 0 atom stereocenters. The van der Waals surface area contributed by atoms with Crippen molar-refractivity contribution >= 4 is 11.8 Å². The molecule has 1 fully saturated rings. The van der Waals surface area contributed by atoms with E-state index >= 15 is 0 Å². The summed E-state index contributed by atoms with van der Waals surface area (Å²) in [6, 6.07) is 1.92. The molecule has 0 unspecified atom stereocenters. The van der Waals surface area contributed by atoms with Crippen molar-refractivity contribution < 1.29 is 23.1 Å². The van der Waals surface area contributed by atoms with Crippen LogP contribution in [0.5, 0.6) is 0 Å². The van der Waals surface area contributed by atoms with Crippen LogP contribution >= 0.6 is 0 Å². The Labute approximate surface area is 120 Å². The van der Waals surface area contributed by atoms with E-state index in [1.165, 1.54) is 0 Å². The Balaban J connectivity index is 1.85. The van der Waals surface area contributed by atoms with Gasteiger partial charge in [-0.25, -0.2) is 4.98 Å². The molecule has 116 valence electrons. The van der Waals surface area contributed by atoms with E-state index in [0.717, 1.165) is 31.2 Å². The molecule has 7 heteroatoms. The van der Waals surface area contributed by atoms with Crippen LogP contribution in [0.3, 0.4) is 0 Å². The summed E-state index contributed by atoms with van der Waals surface area (Å²) in [5, 5.41) is 11.8. The highest BCUT2D eigenvalue weighted by Gasteiger charge is 2.31. The minimum Gasteiger partial charge on any atom is -0.481 e. The van der Waals surface area contributed by atoms with Crippen LogP contribution in [-0.4, -0.2) is 22.6 Å². The standard InChI is InChI=1S/C14H17F3N2O2/c15-14(16,17)11-5-6-18-12(7-11)19-8-9-1-3-10(4-2-9)13(20)21/h5-7,9-10H,1-4,8H2,(H,18,19)(H,20,21). The van der Waals surface area contributed by atoms with Crippen molar-refractivity contribution in [1.82, 2.24) is 4.98 Å². The summed E-state index contributed by atoms with van der Waals surface area (Å²) >= 11 is 0. The number of carboxylic acid groups (broad SMARTS) is 1. The van der Waals surface area contributed by atoms with Crippen LogP contribution in [0.15, 0.2) is 18.3 Å². The van der Waals surface area contributed by atoms with Gasteiger partial charge in [-0.3, -0.25) is 4.79 Å². The number of pyridine rings is 1. The maximum atomic E-state index is 12.6. The second-order valence-electron chi connectivity index (χ2n) is 5.36. The van der Waals surface area contributed by atoms with E-state index in [1.54, 1.807) is 0 Å². The number of alkyl halides is 3. The molecule has 2 rings (SSSR count). The quantitative estimate of drug-likeness (QED) is 0.895. The molecule has 1 heterocycles. The topological polar surface area (TPSA) is 62.2 Å². The summed E-state index contributed by atoms with van der Waals surface area (Å²) < 4.78 is 37.7. The Bertz CT molecular complexity index is 497. The normalized spacial score (nSPS) is 22.8. The summed E-state index contributed by atoms with van der Waals surface area (Å²) in [6.45, 7) is 0.515. The third kappa shape index (κ3) is 4.34. The third-order valence-electron chi connectivity index (χ3n) is 3.86. The van der Waals surface area contributed by atoms with E-state index in [9.17, 15) is 18.0 Å². The Morgan fingerprint density at radius 1 is 1.33 bits per heavy atom. The zero-order valence-corrected chi connectivity index (χ0v) is 11.4. The molecular formula is C14H17F3N2O2. The van der Waals surface area contributed by atoms with Gasteiger partial charge in [-0.05, 0) is 43.7 Å². The SMILES string of the molecule is O=C(O)C1CCC(CNc2cc(C(F)(F)F)ccn2)CC1. The monoisotopic (exact) mass is 302 g/mol. The minimum atomic E-state index is -4.38. The van der Waals surface area contributed by atoms with Crippen molar-refractivity contribution in [3.05, 3.63) is 23.9 Å². The van der Waals surface area contributed by atoms with Crippen molar-refractivity contribution in [1.29, 1.82) is 0 Å². The lowest BCUT2D eigenvalue weighted by Crippen LogP contribution is -2.25. The van der Waals surface area contributed by atoms with Crippen LogP contribution in [0.2, 0.25) is 0 Å². The number of aliphatic carboxylic acids is 1. The number of halogens is 3. The Hall–Kier alpha value is -1.79. The summed E-state index contributed by atoms with van der Waals surface area (Å²) in [4.78, 5) is 14.7. The van der Waals surface area contributed by atoms with Crippen molar-refractivity contribution in [3.63, 3.8) is 0 Å². The lowest BCUT2D eigenvalue weighted by molar-refractivity contribution is -0.143. The van der Waals surface area contributed by atoms with Gasteiger partial charge in [0.2, 0.25) is 0 Å². The van der Waals surface area contributed by atoms with Crippen LogP contribution in [0, 0.1) is 11.8 Å². The van der Waals surface area contributed by atoms with Gasteiger partial charge in [0.05, 0.1) is 11.5 Å². The van der Waals surface area contributed by atoms with Gasteiger partial charge in [0.25, 0.3) is 0 Å². The van der Waals surface area contributed by atoms with E-state index in [4.69, 9.17) is 5.11 Å². The highest BCUT2D eigenvalue weighted by molar-refractivity contribution is 5.70. The van der Waals surface area contributed by atoms with Gasteiger partial charge in [-0.1, -0.05) is 0 Å². The van der Waals surface area contributed by atoms with Crippen LogP contribution in [0.25, 0.3) is 0 Å². The van der Waals surface area contributed by atoms with Crippen LogP contribution in [-0.2, 0) is 11.0 Å². The number of hydrogen-bond donors (Lipinski definition) is 2. The molecule has 0 aromatic carbocycles. The fraction of sp³-hybridized carbons (Fsp3) is 0.571. The second kappa shape index (κ2) is 6.32. The van der Waals surface area contributed by atoms with Gasteiger partial charge < -0.3 is 10.4 Å². The van der Waals surface area contributed by atoms with Gasteiger partial charge in [0, 0.05) is 12.7 Å². The molecule has 1 aliphatic carbocycles. The predicted octanol–water partition coefficient (Wildman–Crippen LogP) is 3.40. The number of nitrogens with zero attached hydrogens (tertiary/aromatic N) is 1. The Morgan fingerprint density at radius 3 is 2.57 bits per heavy atom. The Kier molecular flexibility index (Phi) is 4.69. The average molecular weight is 302 g/mol. The number of rotatable bonds is 4. The number of aromatic nitrogens is 1. The number of carbonyl (C=O) groups is 1. The summed E-state index contributed by atoms with van der Waals surface area (Å²) in [5.41, 5.74) is -0.727. The minimum absolute atomic E-state index is 0.199. The van der Waals surface area contributed by atoms with Gasteiger partial charge in [-0.2, -0.15) is 13.2 Å². The van der Waals surface area contributed by atoms with E-state index < -0.39 is 17.7 Å². The maximum Gasteiger partial charge on any atom is 0.416 e. The van der Waals surface area contributed by atoms with Gasteiger partial charge in [-0.15, -0.1) is 0 Å². The van der Waals surface area contributed by atoms with Crippen molar-refractivity contribution in [2.75, 3.05) is 11.9 Å². The molecule has 1 saturated carbocycles. The van der Waals surface area contributed by atoms with Gasteiger partial charge in [0.15, 0.2) is 0 Å². The van der Waals surface area contributed by atoms with Gasteiger partial charge >= 0.3 is 12.1 Å². The third-order valence-corrected chi connectivity index (χ3v) is 3.86. The zero-order valence-electron chi connectivity index (χ0n) is 11.4. The van der Waals surface area contributed by atoms with E-state index in [1.807, 2.05) is 0 Å². The molecule has 1 aliphatic rings. The largest absolute Gasteiger partial charge is 0.481 e. The van der Waals surface area contributed by atoms with Crippen LogP contribution < -0.4 is 5.32 Å². The summed E-state index contributed by atoms with van der Waals surface area (Å²) in [5.74, 6) is -0.573. The fourth-order valence-corrected chi connectivity index (χ4v) is 2.57. The van der Waals surface area contributed by atoms with Crippen molar-refractivity contribution in [2.24, 2.45) is 11.8 Å². The predicted molar refractivity (Wildman–Crippen MR) is 70.8 cm³/mol. The molecule has 0 saturated heterocycles. The second-order valence-corrected chi connectivity index (χ2v) is 5.36. The molecule has 0 bridgehead atoms. The average Bonchev–Trinajstić information content (AvgIpc) is 2.45. The molecule has 0 spiro atoms. The first-order valence-corrected chi connectivity index (χ1v) is 6.86. The first kappa shape index (κ1) is 15.6. The highest BCUT2D eigenvalue weighted by Crippen LogP contribution is 2.31. The molecule has 2 N–H and O–H groups in total. The Morgan fingerprint density at radius 2 is 2.00 bits per heavy atom. The summed E-state index contributed by atoms with van der Waals surface area (Å²) in [6.07, 6.45) is -0.466. The van der Waals surface area contributed by atoms with Crippen molar-refractivity contribution in [2.45, 2.75) is 31.9 Å². The lowest BCUT2D eigenvalue weighted by atomic mass is 9.82. The molecular weight excluding hydrogens is 285 g/mol. The molecule has 0 radical (unpaired) electrons. The van der Waals surface area contributed by atoms with Crippen molar-refractivity contribution in [3.8, 4) is 0 Å². The lowest BCUT2D eigenvalue weighted by Gasteiger charge is -2.26. The fourth-order valence-electron chi connectivity index (χ4n) is 2.57. The first-order valence-electron chi connectivity index (χ1n) is 6.86. The molecule has 0 aliphatic heterocycles. The number of anilines is 1. The zero-order chi connectivity index (χ0) is 15.5. The smallest absolute Gasteiger partial charge is 0.416 e. The maximum absolute atomic E-state index is 12.6. The first-order chi connectivity index (χ1) is 9.86. The van der Waals surface area contributed by atoms with Crippen LogP contribution in [0.1, 0.15) is 31.2 Å². The molecule has 4 nitrogen and oxygen atoms in total.